The molecule has 8 N–H and O–H groups in total. The summed E-state index contributed by atoms with van der Waals surface area (Å²) in [6, 6.07) is 0. The molecule has 6 fully saturated rings. The van der Waals surface area contributed by atoms with E-state index in [2.05, 4.69) is 27.7 Å². The van der Waals surface area contributed by atoms with E-state index in [4.69, 9.17) is 18.9 Å². The Morgan fingerprint density at radius 2 is 1.28 bits per heavy atom. The van der Waals surface area contributed by atoms with E-state index >= 15 is 0 Å². The number of ether oxygens (including phenoxy) is 4. The zero-order chi connectivity index (χ0) is 42.9. The van der Waals surface area contributed by atoms with Crippen LogP contribution in [-0.4, -0.2) is 132 Å². The van der Waals surface area contributed by atoms with Crippen LogP contribution in [0.2, 0.25) is 0 Å². The predicted octanol–water partition coefficient (Wildman–Crippen LogP) is 2.25. The van der Waals surface area contributed by atoms with Crippen molar-refractivity contribution in [3.05, 3.63) is 11.6 Å². The third kappa shape index (κ3) is 6.25. The normalized spacial score (nSPS) is 52.6. The summed E-state index contributed by atoms with van der Waals surface area (Å²) in [5, 5.41) is 83.0. The van der Waals surface area contributed by atoms with Gasteiger partial charge in [0.1, 0.15) is 36.6 Å². The SMILES string of the molecule is CC1(C)[C@@H](O[C@H]2O[C@H](C(=O)O)[C@@H](O)[C@H](O)[C@H]2O[C@H]2O[C@@H](C(=O)O)[C@H](O)[C@@H](O)[C@@H]2O)CC[C@@]2(C)[C@@H]1CC[C@]1(C)[C@@H]2C(=O)C=C2[C@@H]3C[C@@](C)(C(=O)O)CC[C@]3(C)CC[C@]21C. The van der Waals surface area contributed by atoms with Gasteiger partial charge in [-0.05, 0) is 110 Å². The number of ketones is 1. The lowest BCUT2D eigenvalue weighted by molar-refractivity contribution is -0.371. The van der Waals surface area contributed by atoms with Gasteiger partial charge in [0.2, 0.25) is 0 Å². The summed E-state index contributed by atoms with van der Waals surface area (Å²) in [5.41, 5.74) is -1.81. The van der Waals surface area contributed by atoms with E-state index in [0.717, 1.165) is 37.7 Å². The molecule has 0 spiro atoms. The van der Waals surface area contributed by atoms with Crippen LogP contribution in [0.1, 0.15) is 106 Å². The van der Waals surface area contributed by atoms with Gasteiger partial charge >= 0.3 is 17.9 Å². The molecule has 7 aliphatic rings. The number of carbonyl (C=O) groups excluding carboxylic acids is 1. The Balaban J connectivity index is 1.17. The van der Waals surface area contributed by atoms with Crippen LogP contribution in [0.5, 0.6) is 0 Å². The zero-order valence-corrected chi connectivity index (χ0v) is 34.4. The van der Waals surface area contributed by atoms with Crippen molar-refractivity contribution in [3.8, 4) is 0 Å². The first kappa shape index (κ1) is 43.5. The second kappa shape index (κ2) is 14.3. The van der Waals surface area contributed by atoms with Crippen LogP contribution in [0.25, 0.3) is 0 Å². The van der Waals surface area contributed by atoms with E-state index < -0.39 is 107 Å². The molecule has 2 aliphatic heterocycles. The fraction of sp³-hybridized carbons (Fsp3) is 0.857. The van der Waals surface area contributed by atoms with Crippen LogP contribution >= 0.6 is 0 Å². The number of fused-ring (bicyclic) bond motifs is 7. The molecule has 7 rings (SSSR count). The van der Waals surface area contributed by atoms with Gasteiger partial charge in [0, 0.05) is 5.92 Å². The second-order valence-corrected chi connectivity index (χ2v) is 20.6. The first-order valence-electron chi connectivity index (χ1n) is 20.7. The predicted molar refractivity (Wildman–Crippen MR) is 199 cm³/mol. The number of carboxylic acids is 3. The van der Waals surface area contributed by atoms with Crippen molar-refractivity contribution >= 4 is 23.7 Å². The molecule has 0 amide bonds. The number of aliphatic hydroxyl groups is 5. The molecule has 16 heteroatoms. The molecule has 16 nitrogen and oxygen atoms in total. The number of aliphatic carboxylic acids is 3. The highest BCUT2D eigenvalue weighted by molar-refractivity contribution is 5.95. The zero-order valence-electron chi connectivity index (χ0n) is 34.4. The lowest BCUT2D eigenvalue weighted by atomic mass is 9.33. The molecule has 0 bridgehead atoms. The van der Waals surface area contributed by atoms with Crippen LogP contribution in [0, 0.1) is 50.2 Å². The molecular weight excluding hydrogens is 760 g/mol. The number of aliphatic hydroxyl groups excluding tert-OH is 5. The van der Waals surface area contributed by atoms with Gasteiger partial charge in [-0.1, -0.05) is 47.1 Å². The Kier molecular flexibility index (Phi) is 10.7. The molecule has 0 unspecified atom stereocenters. The fourth-order valence-corrected chi connectivity index (χ4v) is 13.4. The summed E-state index contributed by atoms with van der Waals surface area (Å²) in [6.07, 6.45) is -12.2. The van der Waals surface area contributed by atoms with E-state index in [0.29, 0.717) is 25.7 Å². The lowest BCUT2D eigenvalue weighted by Gasteiger charge is -2.70. The van der Waals surface area contributed by atoms with E-state index in [9.17, 15) is 60.0 Å². The Hall–Kier alpha value is -2.54. The largest absolute Gasteiger partial charge is 0.481 e. The molecule has 4 saturated carbocycles. The number of carbonyl (C=O) groups is 4. The molecule has 2 heterocycles. The van der Waals surface area contributed by atoms with Crippen molar-refractivity contribution in [1.29, 1.82) is 0 Å². The first-order chi connectivity index (χ1) is 26.8. The quantitative estimate of drug-likeness (QED) is 0.171. The van der Waals surface area contributed by atoms with Crippen molar-refractivity contribution in [2.24, 2.45) is 50.2 Å². The number of allylic oxidation sites excluding steroid dienone is 2. The molecule has 0 radical (unpaired) electrons. The van der Waals surface area contributed by atoms with E-state index in [1.807, 2.05) is 26.8 Å². The summed E-state index contributed by atoms with van der Waals surface area (Å²) in [6.45, 7) is 14.8. The van der Waals surface area contributed by atoms with Gasteiger partial charge in [0.05, 0.1) is 11.5 Å². The molecule has 5 aliphatic carbocycles. The monoisotopic (exact) mass is 822 g/mol. The standard InChI is InChI=1S/C42H62O16/c1-37(2)21-8-11-42(7)31(20(43)16-18-19-17-39(4,36(53)54)13-12-38(19,3)14-15-41(18,42)6)40(21,5)10-9-22(37)55-35-30(26(47)25(46)29(57-35)33(51)52)58-34-27(48)23(44)24(45)28(56-34)32(49)50/h16,19,21-31,34-35,44-48H,8-15,17H2,1-7H3,(H,49,50)(H,51,52)(H,53,54)/t19-,21+,22-,23+,24+,25-,26-,27-,28+,29-,30+,31+,34+,35-,38+,39-,40-,41+,42+/m0/s1. The Bertz CT molecular complexity index is 1730. The molecule has 2 saturated heterocycles. The molecule has 0 aromatic carbocycles. The van der Waals surface area contributed by atoms with Crippen LogP contribution < -0.4 is 0 Å². The average molecular weight is 823 g/mol. The highest BCUT2D eigenvalue weighted by Crippen LogP contribution is 2.75. The summed E-state index contributed by atoms with van der Waals surface area (Å²) < 4.78 is 23.4. The Morgan fingerprint density at radius 3 is 1.88 bits per heavy atom. The highest BCUT2D eigenvalue weighted by Gasteiger charge is 2.71. The van der Waals surface area contributed by atoms with Gasteiger partial charge in [0.25, 0.3) is 0 Å². The molecule has 0 aromatic heterocycles. The molecule has 19 atom stereocenters. The number of carboxylic acid groups (broad SMARTS) is 3. The summed E-state index contributed by atoms with van der Waals surface area (Å²) in [5.74, 6) is -4.47. The third-order valence-corrected chi connectivity index (χ3v) is 17.2. The maximum Gasteiger partial charge on any atom is 0.335 e. The van der Waals surface area contributed by atoms with Crippen LogP contribution in [0.3, 0.4) is 0 Å². The van der Waals surface area contributed by atoms with E-state index in [1.54, 1.807) is 0 Å². The van der Waals surface area contributed by atoms with Gasteiger partial charge < -0.3 is 59.8 Å². The van der Waals surface area contributed by atoms with Crippen LogP contribution in [0.15, 0.2) is 11.6 Å². The summed E-state index contributed by atoms with van der Waals surface area (Å²) >= 11 is 0. The van der Waals surface area contributed by atoms with Gasteiger partial charge in [-0.3, -0.25) is 9.59 Å². The van der Waals surface area contributed by atoms with Crippen molar-refractivity contribution in [1.82, 2.24) is 0 Å². The fourth-order valence-electron chi connectivity index (χ4n) is 13.4. The first-order valence-corrected chi connectivity index (χ1v) is 20.7. The average Bonchev–Trinajstić information content (AvgIpc) is 3.13. The van der Waals surface area contributed by atoms with Crippen molar-refractivity contribution < 1.29 is 79.0 Å². The number of rotatable bonds is 7. The Labute approximate surface area is 337 Å². The smallest absolute Gasteiger partial charge is 0.335 e. The minimum atomic E-state index is -2.05. The number of hydrogen-bond acceptors (Lipinski definition) is 13. The van der Waals surface area contributed by atoms with Crippen LogP contribution in [0.4, 0.5) is 0 Å². The molecular formula is C42H62O16. The van der Waals surface area contributed by atoms with Gasteiger partial charge in [-0.2, -0.15) is 0 Å². The minimum Gasteiger partial charge on any atom is -0.481 e. The van der Waals surface area contributed by atoms with E-state index in [-0.39, 0.29) is 34.4 Å². The molecule has 326 valence electrons. The van der Waals surface area contributed by atoms with Crippen molar-refractivity contribution in [2.75, 3.05) is 0 Å². The molecule has 58 heavy (non-hydrogen) atoms. The lowest BCUT2D eigenvalue weighted by Crippen LogP contribution is -2.68. The van der Waals surface area contributed by atoms with Crippen LogP contribution in [-0.2, 0) is 38.1 Å². The summed E-state index contributed by atoms with van der Waals surface area (Å²) in [4.78, 5) is 51.3. The molecule has 0 aromatic rings. The number of hydrogen-bond donors (Lipinski definition) is 8. The van der Waals surface area contributed by atoms with E-state index in [1.165, 1.54) is 0 Å². The topological polar surface area (TPSA) is 267 Å². The van der Waals surface area contributed by atoms with Gasteiger partial charge in [0.15, 0.2) is 30.6 Å². The minimum absolute atomic E-state index is 0.0217. The maximum atomic E-state index is 14.8. The Morgan fingerprint density at radius 1 is 0.690 bits per heavy atom. The van der Waals surface area contributed by atoms with Crippen molar-refractivity contribution in [2.45, 2.75) is 174 Å². The third-order valence-electron chi connectivity index (χ3n) is 17.2. The van der Waals surface area contributed by atoms with Gasteiger partial charge in [-0.15, -0.1) is 0 Å². The summed E-state index contributed by atoms with van der Waals surface area (Å²) in [7, 11) is 0. The van der Waals surface area contributed by atoms with Gasteiger partial charge in [-0.25, -0.2) is 9.59 Å². The highest BCUT2D eigenvalue weighted by atomic mass is 16.8. The second-order valence-electron chi connectivity index (χ2n) is 20.6. The maximum absolute atomic E-state index is 14.8. The van der Waals surface area contributed by atoms with Crippen molar-refractivity contribution in [3.63, 3.8) is 0 Å².